The second-order valence-corrected chi connectivity index (χ2v) is 8.41. The summed E-state index contributed by atoms with van der Waals surface area (Å²) >= 11 is 1.70. The number of benzene rings is 1. The van der Waals surface area contributed by atoms with E-state index in [1.165, 1.54) is 29.2 Å². The lowest BCUT2D eigenvalue weighted by molar-refractivity contribution is -0.128. The van der Waals surface area contributed by atoms with Gasteiger partial charge in [-0.25, -0.2) is 4.79 Å². The predicted molar refractivity (Wildman–Crippen MR) is 115 cm³/mol. The van der Waals surface area contributed by atoms with Crippen LogP contribution in [0.2, 0.25) is 0 Å². The molecule has 0 fully saturated rings. The number of carbonyl (C=O) groups is 2. The second kappa shape index (κ2) is 7.84. The van der Waals surface area contributed by atoms with Crippen molar-refractivity contribution in [2.75, 3.05) is 5.32 Å². The fraction of sp³-hybridized carbons (Fsp3) is 0.217. The molecule has 0 spiro atoms. The monoisotopic (exact) mass is 420 g/mol. The molecule has 0 radical (unpaired) electrons. The second-order valence-electron chi connectivity index (χ2n) is 7.30. The quantitative estimate of drug-likeness (QED) is 0.364. The number of rotatable bonds is 4. The van der Waals surface area contributed by atoms with Crippen LogP contribution in [0.5, 0.6) is 5.75 Å². The first kappa shape index (κ1) is 18.7. The van der Waals surface area contributed by atoms with Gasteiger partial charge in [0.2, 0.25) is 0 Å². The van der Waals surface area contributed by atoms with E-state index in [4.69, 9.17) is 9.15 Å². The lowest BCUT2D eigenvalue weighted by Gasteiger charge is -2.26. The molecule has 2 N–H and O–H groups in total. The summed E-state index contributed by atoms with van der Waals surface area (Å²) in [7, 11) is 0. The van der Waals surface area contributed by atoms with E-state index in [9.17, 15) is 9.59 Å². The van der Waals surface area contributed by atoms with Crippen LogP contribution < -0.4 is 15.4 Å². The Hall–Kier alpha value is -3.32. The number of anilines is 1. The molecule has 0 unspecified atom stereocenters. The van der Waals surface area contributed by atoms with Gasteiger partial charge in [0.05, 0.1) is 11.8 Å². The van der Waals surface area contributed by atoms with Crippen LogP contribution in [0.1, 0.15) is 51.1 Å². The van der Waals surface area contributed by atoms with Crippen LogP contribution in [0.3, 0.4) is 0 Å². The average Bonchev–Trinajstić information content (AvgIpc) is 3.40. The number of ether oxygens (including phenoxy) is 1. The molecule has 3 heterocycles. The summed E-state index contributed by atoms with van der Waals surface area (Å²) in [6, 6.07) is 10.6. The summed E-state index contributed by atoms with van der Waals surface area (Å²) in [5, 5.41) is 7.46. The van der Waals surface area contributed by atoms with Crippen molar-refractivity contribution in [2.24, 2.45) is 0 Å². The van der Waals surface area contributed by atoms with Gasteiger partial charge in [0.15, 0.2) is 0 Å². The lowest BCUT2D eigenvalue weighted by Crippen LogP contribution is -2.38. The van der Waals surface area contributed by atoms with Gasteiger partial charge in [-0.15, -0.1) is 11.3 Å². The Morgan fingerprint density at radius 3 is 2.77 bits per heavy atom. The topological polar surface area (TPSA) is 80.6 Å². The zero-order valence-electron chi connectivity index (χ0n) is 16.1. The molecule has 0 bridgehead atoms. The van der Waals surface area contributed by atoms with Crippen molar-refractivity contribution < 1.29 is 18.7 Å². The van der Waals surface area contributed by atoms with E-state index in [1.807, 2.05) is 12.1 Å². The molecule has 2 aliphatic rings. The SMILES string of the molecule is O=C(/C=C/c1ccco1)Oc1ccc([C@H]2NC(=O)c3c(sc4c3CCCC4)N2)cc1. The standard InChI is InChI=1S/C23H20N2O4S/c26-19(12-11-15-4-3-13-28-15)29-16-9-7-14(8-10-16)21-24-22(27)20-17-5-1-2-6-18(17)30-23(20)25-21/h3-4,7-13,21,25H,1-2,5-6H2,(H,24,27)/b12-11+/t21-/m0/s1. The number of amides is 1. The van der Waals surface area contributed by atoms with Crippen molar-refractivity contribution in [3.63, 3.8) is 0 Å². The highest BCUT2D eigenvalue weighted by atomic mass is 32.1. The maximum atomic E-state index is 12.8. The molecule has 0 saturated heterocycles. The third-order valence-corrected chi connectivity index (χ3v) is 6.53. The Bertz CT molecular complexity index is 1110. The van der Waals surface area contributed by atoms with E-state index >= 15 is 0 Å². The molecule has 30 heavy (non-hydrogen) atoms. The van der Waals surface area contributed by atoms with Gasteiger partial charge in [-0.2, -0.15) is 0 Å². The van der Waals surface area contributed by atoms with Crippen molar-refractivity contribution in [2.45, 2.75) is 31.8 Å². The van der Waals surface area contributed by atoms with Crippen molar-refractivity contribution in [1.29, 1.82) is 0 Å². The fourth-order valence-corrected chi connectivity index (χ4v) is 5.17. The highest BCUT2D eigenvalue weighted by molar-refractivity contribution is 7.16. The Morgan fingerprint density at radius 1 is 1.13 bits per heavy atom. The van der Waals surface area contributed by atoms with Gasteiger partial charge in [0, 0.05) is 11.0 Å². The number of thiophene rings is 1. The van der Waals surface area contributed by atoms with Gasteiger partial charge >= 0.3 is 5.97 Å². The van der Waals surface area contributed by atoms with Crippen LogP contribution in [0.15, 0.2) is 53.2 Å². The molecular formula is C23H20N2O4S. The molecule has 1 aliphatic heterocycles. The summed E-state index contributed by atoms with van der Waals surface area (Å²) in [5.74, 6) is 0.502. The highest BCUT2D eigenvalue weighted by Gasteiger charge is 2.31. The number of fused-ring (bicyclic) bond motifs is 3. The summed E-state index contributed by atoms with van der Waals surface area (Å²) in [4.78, 5) is 26.0. The van der Waals surface area contributed by atoms with Crippen LogP contribution in [-0.2, 0) is 17.6 Å². The van der Waals surface area contributed by atoms with E-state index in [2.05, 4.69) is 10.6 Å². The molecule has 7 heteroatoms. The number of hydrogen-bond donors (Lipinski definition) is 2. The zero-order valence-corrected chi connectivity index (χ0v) is 17.0. The van der Waals surface area contributed by atoms with Crippen LogP contribution >= 0.6 is 11.3 Å². The minimum absolute atomic E-state index is 0.0216. The van der Waals surface area contributed by atoms with E-state index in [-0.39, 0.29) is 12.1 Å². The number of aryl methyl sites for hydroxylation is 1. The number of esters is 1. The number of nitrogens with one attached hydrogen (secondary N) is 2. The Kier molecular flexibility index (Phi) is 4.88. The van der Waals surface area contributed by atoms with E-state index in [0.717, 1.165) is 35.4 Å². The molecule has 5 rings (SSSR count). The third-order valence-electron chi connectivity index (χ3n) is 5.31. The number of carbonyl (C=O) groups excluding carboxylic acids is 2. The summed E-state index contributed by atoms with van der Waals surface area (Å²) in [6.07, 6.45) is 8.46. The Labute approximate surface area is 177 Å². The minimum atomic E-state index is -0.489. The van der Waals surface area contributed by atoms with Crippen LogP contribution in [0, 0.1) is 0 Å². The van der Waals surface area contributed by atoms with Crippen molar-refractivity contribution in [1.82, 2.24) is 5.32 Å². The van der Waals surface area contributed by atoms with Gasteiger partial charge in [-0.05, 0) is 67.2 Å². The molecule has 2 aromatic heterocycles. The molecule has 1 aliphatic carbocycles. The summed E-state index contributed by atoms with van der Waals surface area (Å²) < 4.78 is 10.5. The van der Waals surface area contributed by atoms with E-state index < -0.39 is 5.97 Å². The first-order valence-corrected chi connectivity index (χ1v) is 10.7. The molecule has 1 atom stereocenters. The number of furan rings is 1. The molecule has 6 nitrogen and oxygen atoms in total. The van der Waals surface area contributed by atoms with Gasteiger partial charge in [-0.1, -0.05) is 12.1 Å². The van der Waals surface area contributed by atoms with Crippen molar-refractivity contribution >= 4 is 34.3 Å². The van der Waals surface area contributed by atoms with E-state index in [1.54, 1.807) is 41.7 Å². The number of hydrogen-bond acceptors (Lipinski definition) is 6. The molecule has 3 aromatic rings. The lowest BCUT2D eigenvalue weighted by atomic mass is 9.94. The van der Waals surface area contributed by atoms with E-state index in [0.29, 0.717) is 11.5 Å². The summed E-state index contributed by atoms with van der Waals surface area (Å²) in [6.45, 7) is 0. The molecule has 1 amide bonds. The minimum Gasteiger partial charge on any atom is -0.465 e. The molecule has 152 valence electrons. The van der Waals surface area contributed by atoms with Crippen LogP contribution in [-0.4, -0.2) is 11.9 Å². The Morgan fingerprint density at radius 2 is 1.97 bits per heavy atom. The van der Waals surface area contributed by atoms with Crippen molar-refractivity contribution in [3.05, 3.63) is 76.1 Å². The highest BCUT2D eigenvalue weighted by Crippen LogP contribution is 2.41. The maximum absolute atomic E-state index is 12.8. The summed E-state index contributed by atoms with van der Waals surface area (Å²) in [5.41, 5.74) is 2.93. The predicted octanol–water partition coefficient (Wildman–Crippen LogP) is 4.69. The van der Waals surface area contributed by atoms with Gasteiger partial charge in [-0.3, -0.25) is 4.79 Å². The first-order valence-electron chi connectivity index (χ1n) is 9.93. The molecule has 0 saturated carbocycles. The maximum Gasteiger partial charge on any atom is 0.336 e. The normalized spacial score (nSPS) is 17.7. The van der Waals surface area contributed by atoms with Crippen molar-refractivity contribution in [3.8, 4) is 5.75 Å². The fourth-order valence-electron chi connectivity index (χ4n) is 3.86. The van der Waals surface area contributed by atoms with Gasteiger partial charge in [0.25, 0.3) is 5.91 Å². The smallest absolute Gasteiger partial charge is 0.336 e. The molecule has 1 aromatic carbocycles. The van der Waals surface area contributed by atoms with Gasteiger partial charge < -0.3 is 19.8 Å². The van der Waals surface area contributed by atoms with Crippen LogP contribution in [0.25, 0.3) is 6.08 Å². The Balaban J connectivity index is 1.27. The largest absolute Gasteiger partial charge is 0.465 e. The third kappa shape index (κ3) is 3.64. The first-order chi connectivity index (χ1) is 14.7. The van der Waals surface area contributed by atoms with Crippen LogP contribution in [0.4, 0.5) is 5.00 Å². The zero-order chi connectivity index (χ0) is 20.5. The average molecular weight is 420 g/mol. The molecular weight excluding hydrogens is 400 g/mol. The van der Waals surface area contributed by atoms with Gasteiger partial charge in [0.1, 0.15) is 22.7 Å².